The first-order valence-electron chi connectivity index (χ1n) is 16.7. The van der Waals surface area contributed by atoms with E-state index in [4.69, 9.17) is 10.5 Å². The maximum Gasteiger partial charge on any atom is 0.327 e. The number of aliphatic hydroxyl groups excluding tert-OH is 2. The van der Waals surface area contributed by atoms with Crippen LogP contribution in [0.15, 0.2) is 27.3 Å². The Morgan fingerprint density at radius 2 is 1.56 bits per heavy atom. The van der Waals surface area contributed by atoms with Crippen LogP contribution >= 0.6 is 0 Å². The first kappa shape index (κ1) is 37.4. The number of hydrogen-bond acceptors (Lipinski definition) is 12. The third-order valence-corrected chi connectivity index (χ3v) is 10.2. The summed E-state index contributed by atoms with van der Waals surface area (Å²) in [4.78, 5) is 90.2. The number of phenolic OH excluding ortho intramolecular Hbond substituents is 1. The lowest BCUT2D eigenvalue weighted by atomic mass is 9.78. The van der Waals surface area contributed by atoms with Crippen molar-refractivity contribution in [1.82, 2.24) is 5.32 Å². The molecule has 280 valence electrons. The number of aliphatic hydroxyl groups is 2. The fourth-order valence-corrected chi connectivity index (χ4v) is 8.12. The Balaban J connectivity index is 2.01. The molecule has 3 unspecified atom stereocenters. The molecule has 5 aromatic rings. The van der Waals surface area contributed by atoms with Gasteiger partial charge in [-0.2, -0.15) is 0 Å². The highest BCUT2D eigenvalue weighted by Gasteiger charge is 2.37. The first-order chi connectivity index (χ1) is 25.6. The highest BCUT2D eigenvalue weighted by molar-refractivity contribution is 6.39. The van der Waals surface area contributed by atoms with E-state index in [2.05, 4.69) is 10.6 Å². The quantitative estimate of drug-likeness (QED) is 0.0428. The third-order valence-electron chi connectivity index (χ3n) is 10.2. The molecule has 0 aromatic heterocycles. The zero-order chi connectivity index (χ0) is 39.5. The molecule has 0 aliphatic heterocycles. The number of carboxylic acid groups (broad SMARTS) is 2. The van der Waals surface area contributed by atoms with Gasteiger partial charge in [0, 0.05) is 40.6 Å². The molecule has 54 heavy (non-hydrogen) atoms. The fraction of sp³-hybridized carbons (Fsp3) is 0.289. The number of carboxylic acids is 2. The van der Waals surface area contributed by atoms with Gasteiger partial charge in [0.25, 0.3) is 0 Å². The van der Waals surface area contributed by atoms with Crippen LogP contribution in [0.2, 0.25) is 0 Å². The lowest BCUT2D eigenvalue weighted by Gasteiger charge is -2.27. The number of benzene rings is 5. The standard InChI is InChI=1S/C38H35N3O13/c1-13-4-18-19(5-15(37(50)51)8-23(39)47)34(48)29-22(46)7-17(11-43)26-25-16(10-42)6-20(41-21(38(52)53)9-40-12-44)28-31(25)32(27(18)30(26)29)33(24(13)14(2)45)36(54-3)35(28)49/h4,6-7,12,15,21,24,41-43,48H,5,8-11H2,1-3H3,(H2,39,47)(H,40,44)(H,50,51)(H,52,53). The maximum absolute atomic E-state index is 14.8. The number of carbonyl (C=O) groups excluding carboxylic acids is 3. The minimum atomic E-state index is -1.50. The van der Waals surface area contributed by atoms with Gasteiger partial charge in [0.2, 0.25) is 17.7 Å². The van der Waals surface area contributed by atoms with Crippen LogP contribution in [-0.4, -0.2) is 75.3 Å². The second kappa shape index (κ2) is 13.9. The number of fused-ring (bicyclic) bond motifs is 1. The summed E-state index contributed by atoms with van der Waals surface area (Å²) in [5, 5.41) is 59.1. The Labute approximate surface area is 304 Å². The molecule has 1 aliphatic carbocycles. The zero-order valence-electron chi connectivity index (χ0n) is 29.2. The number of amides is 2. The highest BCUT2D eigenvalue weighted by Crippen LogP contribution is 2.54. The van der Waals surface area contributed by atoms with E-state index in [0.29, 0.717) is 12.0 Å². The van der Waals surface area contributed by atoms with Crippen LogP contribution < -0.4 is 32.0 Å². The molecule has 5 aromatic carbocycles. The number of primary amides is 1. The summed E-state index contributed by atoms with van der Waals surface area (Å²) in [6.07, 6.45) is 0.679. The molecule has 0 saturated heterocycles. The molecule has 6 rings (SSSR count). The van der Waals surface area contributed by atoms with Gasteiger partial charge in [0.1, 0.15) is 17.6 Å². The number of phenols is 1. The molecule has 0 radical (unpaired) electrons. The predicted molar refractivity (Wildman–Crippen MR) is 196 cm³/mol. The number of ketones is 1. The number of ether oxygens (including phenoxy) is 1. The molecule has 0 spiro atoms. The summed E-state index contributed by atoms with van der Waals surface area (Å²) >= 11 is 0. The number of aliphatic carboxylic acids is 2. The number of rotatable bonds is 15. The summed E-state index contributed by atoms with van der Waals surface area (Å²) in [6, 6.07) is 0.894. The van der Waals surface area contributed by atoms with E-state index in [1.54, 1.807) is 6.92 Å². The van der Waals surface area contributed by atoms with Gasteiger partial charge >= 0.3 is 11.9 Å². The molecule has 16 nitrogen and oxygen atoms in total. The molecular formula is C38H35N3O13. The normalized spacial score (nSPS) is 15.0. The van der Waals surface area contributed by atoms with E-state index in [1.807, 2.05) is 0 Å². The number of methoxy groups -OCH3 is 1. The van der Waals surface area contributed by atoms with E-state index in [-0.39, 0.29) is 82.3 Å². The Morgan fingerprint density at radius 1 is 0.926 bits per heavy atom. The predicted octanol–water partition coefficient (Wildman–Crippen LogP) is 1.41. The van der Waals surface area contributed by atoms with Crippen molar-refractivity contribution >= 4 is 84.9 Å². The second-order valence-electron chi connectivity index (χ2n) is 13.4. The Hall–Kier alpha value is -6.39. The molecule has 0 heterocycles. The van der Waals surface area contributed by atoms with Crippen molar-refractivity contribution in [1.29, 1.82) is 0 Å². The fourth-order valence-electron chi connectivity index (χ4n) is 8.12. The minimum absolute atomic E-state index is 0.0397. The summed E-state index contributed by atoms with van der Waals surface area (Å²) in [6.45, 7) is 0.994. The molecule has 2 amide bonds. The number of nitrogens with two attached hydrogens (primary N) is 1. The summed E-state index contributed by atoms with van der Waals surface area (Å²) in [5.74, 6) is -7.81. The summed E-state index contributed by atoms with van der Waals surface area (Å²) in [5.41, 5.74) is 4.32. The molecular weight excluding hydrogens is 706 g/mol. The van der Waals surface area contributed by atoms with Crippen molar-refractivity contribution in [3.05, 3.63) is 66.0 Å². The van der Waals surface area contributed by atoms with Crippen LogP contribution in [0.25, 0.3) is 49.2 Å². The van der Waals surface area contributed by atoms with Crippen molar-refractivity contribution < 1.29 is 54.2 Å². The van der Waals surface area contributed by atoms with Crippen LogP contribution in [0.3, 0.4) is 0 Å². The van der Waals surface area contributed by atoms with E-state index >= 15 is 0 Å². The van der Waals surface area contributed by atoms with E-state index in [0.717, 1.165) is 6.07 Å². The summed E-state index contributed by atoms with van der Waals surface area (Å²) < 4.78 is 5.75. The molecule has 3 atom stereocenters. The van der Waals surface area contributed by atoms with Crippen molar-refractivity contribution in [2.75, 3.05) is 19.0 Å². The van der Waals surface area contributed by atoms with Gasteiger partial charge in [0.15, 0.2) is 11.2 Å². The monoisotopic (exact) mass is 741 g/mol. The minimum Gasteiger partial charge on any atom is -0.507 e. The molecule has 0 fully saturated rings. The smallest absolute Gasteiger partial charge is 0.327 e. The molecule has 9 N–H and O–H groups in total. The number of hydrogen-bond donors (Lipinski definition) is 8. The van der Waals surface area contributed by atoms with Gasteiger partial charge in [-0.05, 0) is 70.6 Å². The third kappa shape index (κ3) is 5.57. The average molecular weight is 742 g/mol. The number of Topliss-reactive ketones (excluding diaryl/α,β-unsaturated/α-hetero) is 1. The highest BCUT2D eigenvalue weighted by atomic mass is 16.5. The number of carbonyl (C=O) groups is 5. The summed E-state index contributed by atoms with van der Waals surface area (Å²) in [7, 11) is 1.20. The molecule has 0 bridgehead atoms. The van der Waals surface area contributed by atoms with E-state index in [1.165, 1.54) is 26.2 Å². The topological polar surface area (TPSA) is 280 Å². The van der Waals surface area contributed by atoms with Crippen LogP contribution in [0.1, 0.15) is 54.0 Å². The molecule has 0 saturated carbocycles. The lowest BCUT2D eigenvalue weighted by molar-refractivity contribution is -0.143. The zero-order valence-corrected chi connectivity index (χ0v) is 29.2. The second-order valence-corrected chi connectivity index (χ2v) is 13.4. The van der Waals surface area contributed by atoms with Crippen LogP contribution in [-0.2, 0) is 43.6 Å². The van der Waals surface area contributed by atoms with Gasteiger partial charge in [-0.25, -0.2) is 4.79 Å². The van der Waals surface area contributed by atoms with Crippen LogP contribution in [0.4, 0.5) is 5.69 Å². The van der Waals surface area contributed by atoms with Crippen molar-refractivity contribution in [2.45, 2.75) is 51.9 Å². The maximum atomic E-state index is 14.8. The lowest BCUT2D eigenvalue weighted by Crippen LogP contribution is -2.39. The largest absolute Gasteiger partial charge is 0.507 e. The molecule has 16 heteroatoms. The van der Waals surface area contributed by atoms with Crippen LogP contribution in [0.5, 0.6) is 11.5 Å². The van der Waals surface area contributed by atoms with Gasteiger partial charge < -0.3 is 46.6 Å². The van der Waals surface area contributed by atoms with Gasteiger partial charge in [0.05, 0.1) is 42.9 Å². The van der Waals surface area contributed by atoms with Gasteiger partial charge in [-0.3, -0.25) is 28.8 Å². The van der Waals surface area contributed by atoms with Crippen molar-refractivity contribution in [3.8, 4) is 11.5 Å². The number of nitrogens with one attached hydrogen (secondary N) is 2. The first-order valence-corrected chi connectivity index (χ1v) is 16.7. The Kier molecular flexibility index (Phi) is 9.60. The van der Waals surface area contributed by atoms with Gasteiger partial charge in [-0.15, -0.1) is 0 Å². The number of anilines is 1. The van der Waals surface area contributed by atoms with Crippen LogP contribution in [0, 0.1) is 5.92 Å². The number of aromatic hydroxyl groups is 1. The number of allylic oxidation sites excluding steroid dienone is 1. The SMILES string of the molecule is COc1c2c3c4c(c(CC(CC(N)=O)C(=O)O)c(O)c5c(=O)cc(CO)c(c6c(CO)cc(NC(CNC=O)C(=O)O)c(c1=O)c63)c54)C=C(C)C2C(C)=O. The van der Waals surface area contributed by atoms with Crippen molar-refractivity contribution in [2.24, 2.45) is 11.7 Å². The van der Waals surface area contributed by atoms with Gasteiger partial charge in [-0.1, -0.05) is 11.6 Å². The Bertz CT molecular complexity index is 2620. The molecule has 1 aliphatic rings. The van der Waals surface area contributed by atoms with Crippen molar-refractivity contribution in [3.63, 3.8) is 0 Å². The van der Waals surface area contributed by atoms with E-state index in [9.17, 15) is 59.1 Å². The average Bonchev–Trinajstić information content (AvgIpc) is 3.24. The van der Waals surface area contributed by atoms with E-state index < -0.39 is 90.7 Å². The Morgan fingerprint density at radius 3 is 2.09 bits per heavy atom.